The molecule has 0 saturated heterocycles. The van der Waals surface area contributed by atoms with E-state index in [1.165, 1.54) is 5.39 Å². The van der Waals surface area contributed by atoms with Gasteiger partial charge in [-0.1, -0.05) is 12.1 Å². The molecule has 0 atom stereocenters. The van der Waals surface area contributed by atoms with Gasteiger partial charge in [-0.3, -0.25) is 4.79 Å². The van der Waals surface area contributed by atoms with Crippen LogP contribution >= 0.6 is 11.3 Å². The highest BCUT2D eigenvalue weighted by Gasteiger charge is 2.05. The predicted octanol–water partition coefficient (Wildman–Crippen LogP) is 3.40. The Bertz CT molecular complexity index is 728. The van der Waals surface area contributed by atoms with Crippen LogP contribution in [-0.4, -0.2) is 10.9 Å². The van der Waals surface area contributed by atoms with Crippen molar-refractivity contribution in [2.75, 3.05) is 0 Å². The van der Waals surface area contributed by atoms with Gasteiger partial charge in [0.1, 0.15) is 0 Å². The number of benzene rings is 1. The van der Waals surface area contributed by atoms with Crippen molar-refractivity contribution in [3.8, 4) is 0 Å². The van der Waals surface area contributed by atoms with Crippen LogP contribution in [0.5, 0.6) is 0 Å². The molecule has 0 aliphatic carbocycles. The first-order valence-electron chi connectivity index (χ1n) is 6.58. The van der Waals surface area contributed by atoms with Gasteiger partial charge in [-0.05, 0) is 47.5 Å². The summed E-state index contributed by atoms with van der Waals surface area (Å²) >= 11 is 1.61. The van der Waals surface area contributed by atoms with Crippen LogP contribution in [0.2, 0.25) is 0 Å². The Balaban J connectivity index is 1.63. The number of aromatic nitrogens is 1. The minimum Gasteiger partial charge on any atom is -0.359 e. The molecule has 0 bridgehead atoms. The van der Waals surface area contributed by atoms with E-state index < -0.39 is 0 Å². The molecule has 102 valence electrons. The molecule has 3 aromatic rings. The minimum absolute atomic E-state index is 0.0674. The third-order valence-corrected chi connectivity index (χ3v) is 4.10. The highest BCUT2D eigenvalue weighted by molar-refractivity contribution is 7.10. The lowest BCUT2D eigenvalue weighted by Gasteiger charge is -2.05. The molecular weight excluding hydrogens is 268 g/mol. The third-order valence-electron chi connectivity index (χ3n) is 3.22. The fraction of sp³-hybridized carbons (Fsp3) is 0.188. The van der Waals surface area contributed by atoms with Gasteiger partial charge in [-0.25, -0.2) is 0 Å². The molecule has 0 saturated carbocycles. The molecule has 2 N–H and O–H groups in total. The van der Waals surface area contributed by atoms with Crippen molar-refractivity contribution in [2.45, 2.75) is 19.9 Å². The van der Waals surface area contributed by atoms with Crippen molar-refractivity contribution in [1.29, 1.82) is 0 Å². The summed E-state index contributed by atoms with van der Waals surface area (Å²) in [4.78, 5) is 16.2. The van der Waals surface area contributed by atoms with Gasteiger partial charge in [0.25, 0.3) is 0 Å². The zero-order valence-corrected chi connectivity index (χ0v) is 12.1. The third kappa shape index (κ3) is 2.91. The summed E-state index contributed by atoms with van der Waals surface area (Å²) in [5, 5.41) is 6.14. The van der Waals surface area contributed by atoms with Crippen molar-refractivity contribution in [3.63, 3.8) is 0 Å². The molecule has 1 amide bonds. The fourth-order valence-electron chi connectivity index (χ4n) is 2.27. The van der Waals surface area contributed by atoms with E-state index in [1.54, 1.807) is 11.3 Å². The normalized spacial score (nSPS) is 10.8. The monoisotopic (exact) mass is 284 g/mol. The van der Waals surface area contributed by atoms with Gasteiger partial charge in [0, 0.05) is 22.6 Å². The zero-order chi connectivity index (χ0) is 13.9. The standard InChI is InChI=1S/C16H16N2OS/c1-11-7-13-8-12(4-5-15(13)18-11)10-17-16(19)9-14-3-2-6-20-14/h2-8,18H,9-10H2,1H3,(H,17,19). The Morgan fingerprint density at radius 3 is 3.00 bits per heavy atom. The number of hydrogen-bond donors (Lipinski definition) is 2. The number of aryl methyl sites for hydroxylation is 1. The molecule has 2 aromatic heterocycles. The number of nitrogens with one attached hydrogen (secondary N) is 2. The van der Waals surface area contributed by atoms with Crippen molar-refractivity contribution in [2.24, 2.45) is 0 Å². The van der Waals surface area contributed by atoms with Crippen LogP contribution in [-0.2, 0) is 17.8 Å². The lowest BCUT2D eigenvalue weighted by Crippen LogP contribution is -2.24. The number of carbonyl (C=O) groups excluding carboxylic acids is 1. The number of aromatic amines is 1. The van der Waals surface area contributed by atoms with Crippen LogP contribution in [0.25, 0.3) is 10.9 Å². The van der Waals surface area contributed by atoms with E-state index in [2.05, 4.69) is 28.5 Å². The molecule has 3 rings (SSSR count). The van der Waals surface area contributed by atoms with Crippen molar-refractivity contribution >= 4 is 28.1 Å². The van der Waals surface area contributed by atoms with E-state index >= 15 is 0 Å². The second-order valence-electron chi connectivity index (χ2n) is 4.91. The van der Waals surface area contributed by atoms with E-state index in [9.17, 15) is 4.79 Å². The Hall–Kier alpha value is -2.07. The van der Waals surface area contributed by atoms with E-state index in [1.807, 2.05) is 30.5 Å². The molecule has 0 fully saturated rings. The molecule has 0 unspecified atom stereocenters. The maximum Gasteiger partial charge on any atom is 0.225 e. The summed E-state index contributed by atoms with van der Waals surface area (Å²) in [6.45, 7) is 2.62. The van der Waals surface area contributed by atoms with Gasteiger partial charge < -0.3 is 10.3 Å². The number of H-pyrrole nitrogens is 1. The summed E-state index contributed by atoms with van der Waals surface area (Å²) in [6, 6.07) is 12.3. The topological polar surface area (TPSA) is 44.9 Å². The molecule has 0 radical (unpaired) electrons. The maximum atomic E-state index is 11.8. The number of hydrogen-bond acceptors (Lipinski definition) is 2. The number of carbonyl (C=O) groups is 1. The molecule has 2 heterocycles. The minimum atomic E-state index is 0.0674. The Labute approximate surface area is 121 Å². The number of amides is 1. The second kappa shape index (κ2) is 5.51. The highest BCUT2D eigenvalue weighted by atomic mass is 32.1. The molecule has 4 heteroatoms. The van der Waals surface area contributed by atoms with E-state index in [-0.39, 0.29) is 5.91 Å². The summed E-state index contributed by atoms with van der Waals surface area (Å²) in [5.41, 5.74) is 3.41. The predicted molar refractivity (Wildman–Crippen MR) is 82.9 cm³/mol. The van der Waals surface area contributed by atoms with Crippen molar-refractivity contribution in [3.05, 3.63) is 57.9 Å². The first-order valence-corrected chi connectivity index (χ1v) is 7.46. The fourth-order valence-corrected chi connectivity index (χ4v) is 2.98. The van der Waals surface area contributed by atoms with Gasteiger partial charge in [0.15, 0.2) is 0 Å². The number of fused-ring (bicyclic) bond motifs is 1. The van der Waals surface area contributed by atoms with E-state index in [4.69, 9.17) is 0 Å². The van der Waals surface area contributed by atoms with Crippen LogP contribution < -0.4 is 5.32 Å². The summed E-state index contributed by atoms with van der Waals surface area (Å²) < 4.78 is 0. The first kappa shape index (κ1) is 12.9. The average molecular weight is 284 g/mol. The van der Waals surface area contributed by atoms with E-state index in [0.717, 1.165) is 21.7 Å². The van der Waals surface area contributed by atoms with Gasteiger partial charge in [-0.15, -0.1) is 11.3 Å². The van der Waals surface area contributed by atoms with Gasteiger partial charge in [-0.2, -0.15) is 0 Å². The largest absolute Gasteiger partial charge is 0.359 e. The van der Waals surface area contributed by atoms with Crippen LogP contribution in [0.3, 0.4) is 0 Å². The Morgan fingerprint density at radius 1 is 1.30 bits per heavy atom. The van der Waals surface area contributed by atoms with Gasteiger partial charge in [0.05, 0.1) is 6.42 Å². The summed E-state index contributed by atoms with van der Waals surface area (Å²) in [5.74, 6) is 0.0674. The highest BCUT2D eigenvalue weighted by Crippen LogP contribution is 2.17. The summed E-state index contributed by atoms with van der Waals surface area (Å²) in [6.07, 6.45) is 0.461. The van der Waals surface area contributed by atoms with Crippen molar-refractivity contribution < 1.29 is 4.79 Å². The molecule has 0 spiro atoms. The van der Waals surface area contributed by atoms with E-state index in [0.29, 0.717) is 13.0 Å². The lowest BCUT2D eigenvalue weighted by atomic mass is 10.1. The SMILES string of the molecule is Cc1cc2cc(CNC(=O)Cc3cccs3)ccc2[nH]1. The molecular formula is C16H16N2OS. The maximum absolute atomic E-state index is 11.8. The van der Waals surface area contributed by atoms with Crippen LogP contribution in [0.15, 0.2) is 41.8 Å². The van der Waals surface area contributed by atoms with Crippen molar-refractivity contribution in [1.82, 2.24) is 10.3 Å². The second-order valence-corrected chi connectivity index (χ2v) is 5.94. The molecule has 0 aliphatic heterocycles. The lowest BCUT2D eigenvalue weighted by molar-refractivity contribution is -0.120. The van der Waals surface area contributed by atoms with Gasteiger partial charge in [0.2, 0.25) is 5.91 Å². The summed E-state index contributed by atoms with van der Waals surface area (Å²) in [7, 11) is 0. The van der Waals surface area contributed by atoms with Crippen LogP contribution in [0.1, 0.15) is 16.1 Å². The van der Waals surface area contributed by atoms with Crippen LogP contribution in [0, 0.1) is 6.92 Å². The first-order chi connectivity index (χ1) is 9.70. The van der Waals surface area contributed by atoms with Gasteiger partial charge >= 0.3 is 0 Å². The zero-order valence-electron chi connectivity index (χ0n) is 11.3. The van der Waals surface area contributed by atoms with Crippen LogP contribution in [0.4, 0.5) is 0 Å². The molecule has 3 nitrogen and oxygen atoms in total. The quantitative estimate of drug-likeness (QED) is 0.758. The smallest absolute Gasteiger partial charge is 0.225 e. The molecule has 20 heavy (non-hydrogen) atoms. The number of thiophene rings is 1. The molecule has 0 aliphatic rings. The Kier molecular flexibility index (Phi) is 3.56. The Morgan fingerprint density at radius 2 is 2.20 bits per heavy atom. The number of rotatable bonds is 4. The molecule has 1 aromatic carbocycles. The average Bonchev–Trinajstić information content (AvgIpc) is 3.04.